The van der Waals surface area contributed by atoms with Crippen LogP contribution in [0.4, 0.5) is 0 Å². The second kappa shape index (κ2) is 1.83. The molecule has 0 spiro atoms. The van der Waals surface area contributed by atoms with Gasteiger partial charge in [0, 0.05) is 0 Å². The molecule has 1 aliphatic heterocycles. The lowest BCUT2D eigenvalue weighted by Gasteiger charge is -2.13. The minimum Gasteiger partial charge on any atom is -0.228 e. The molecule has 0 aromatic rings. The lowest BCUT2D eigenvalue weighted by molar-refractivity contribution is -0.318. The van der Waals surface area contributed by atoms with Gasteiger partial charge >= 0.3 is 0 Å². The largest absolute Gasteiger partial charge is 0.228 e. The molecular weight excluding hydrogens is 128 g/mol. The van der Waals surface area contributed by atoms with Gasteiger partial charge in [0.2, 0.25) is 0 Å². The normalized spacial score (nSPS) is 35.8. The standard InChI is InChI=1S/C8H12O2/c1-8(2)6-4-3-5-7(6)9-10-8/h4,7H,3,5H2,1-2H3. The zero-order valence-corrected chi connectivity index (χ0v) is 6.39. The average molecular weight is 140 g/mol. The fourth-order valence-corrected chi connectivity index (χ4v) is 1.64. The molecule has 1 unspecified atom stereocenters. The van der Waals surface area contributed by atoms with Gasteiger partial charge in [0.15, 0.2) is 0 Å². The highest BCUT2D eigenvalue weighted by Crippen LogP contribution is 2.39. The fourth-order valence-electron chi connectivity index (χ4n) is 1.64. The quantitative estimate of drug-likeness (QED) is 0.377. The monoisotopic (exact) mass is 140 g/mol. The van der Waals surface area contributed by atoms with Gasteiger partial charge in [0.25, 0.3) is 0 Å². The number of fused-ring (bicyclic) bond motifs is 1. The van der Waals surface area contributed by atoms with Crippen molar-refractivity contribution in [1.82, 2.24) is 0 Å². The van der Waals surface area contributed by atoms with Crippen LogP contribution in [0.15, 0.2) is 11.6 Å². The predicted octanol–water partition coefficient (Wildman–Crippen LogP) is 1.82. The van der Waals surface area contributed by atoms with Gasteiger partial charge in [-0.3, -0.25) is 0 Å². The summed E-state index contributed by atoms with van der Waals surface area (Å²) in [7, 11) is 0. The Morgan fingerprint density at radius 1 is 1.60 bits per heavy atom. The van der Waals surface area contributed by atoms with E-state index in [9.17, 15) is 0 Å². The highest BCUT2D eigenvalue weighted by molar-refractivity contribution is 5.25. The topological polar surface area (TPSA) is 18.5 Å². The van der Waals surface area contributed by atoms with Gasteiger partial charge in [-0.2, -0.15) is 0 Å². The van der Waals surface area contributed by atoms with Crippen molar-refractivity contribution in [3.05, 3.63) is 11.6 Å². The van der Waals surface area contributed by atoms with Crippen molar-refractivity contribution < 1.29 is 9.78 Å². The van der Waals surface area contributed by atoms with E-state index in [1.165, 1.54) is 5.57 Å². The molecule has 1 heterocycles. The Labute approximate surface area is 60.7 Å². The Bertz CT molecular complexity index is 182. The molecule has 2 rings (SSSR count). The maximum Gasteiger partial charge on any atom is 0.121 e. The van der Waals surface area contributed by atoms with Gasteiger partial charge in [-0.1, -0.05) is 6.08 Å². The van der Waals surface area contributed by atoms with Crippen molar-refractivity contribution >= 4 is 0 Å². The highest BCUT2D eigenvalue weighted by Gasteiger charge is 2.41. The van der Waals surface area contributed by atoms with E-state index in [0.29, 0.717) is 0 Å². The number of allylic oxidation sites excluding steroid dienone is 1. The molecule has 0 aromatic heterocycles. The van der Waals surface area contributed by atoms with Gasteiger partial charge in [-0.15, -0.1) is 0 Å². The van der Waals surface area contributed by atoms with Crippen LogP contribution >= 0.6 is 0 Å². The molecule has 0 bridgehead atoms. The molecule has 0 amide bonds. The minimum absolute atomic E-state index is 0.166. The van der Waals surface area contributed by atoms with Crippen LogP contribution in [-0.4, -0.2) is 11.7 Å². The Balaban J connectivity index is 2.30. The lowest BCUT2D eigenvalue weighted by atomic mass is 9.97. The van der Waals surface area contributed by atoms with Crippen LogP contribution in [0.2, 0.25) is 0 Å². The van der Waals surface area contributed by atoms with Crippen molar-refractivity contribution in [3.63, 3.8) is 0 Å². The van der Waals surface area contributed by atoms with E-state index in [1.54, 1.807) is 0 Å². The third-order valence-corrected chi connectivity index (χ3v) is 2.21. The fraction of sp³-hybridized carbons (Fsp3) is 0.750. The highest BCUT2D eigenvalue weighted by atomic mass is 17.2. The van der Waals surface area contributed by atoms with Crippen molar-refractivity contribution in [2.24, 2.45) is 0 Å². The van der Waals surface area contributed by atoms with Crippen LogP contribution in [-0.2, 0) is 9.78 Å². The first kappa shape index (κ1) is 6.38. The van der Waals surface area contributed by atoms with Crippen LogP contribution in [0, 0.1) is 0 Å². The maximum absolute atomic E-state index is 5.14. The third kappa shape index (κ3) is 0.724. The minimum atomic E-state index is -0.166. The first-order valence-corrected chi connectivity index (χ1v) is 3.75. The zero-order chi connectivity index (χ0) is 7.19. The van der Waals surface area contributed by atoms with Gasteiger partial charge in [0.05, 0.1) is 0 Å². The zero-order valence-electron chi connectivity index (χ0n) is 6.39. The predicted molar refractivity (Wildman–Crippen MR) is 37.4 cm³/mol. The summed E-state index contributed by atoms with van der Waals surface area (Å²) in [6, 6.07) is 0. The maximum atomic E-state index is 5.14. The molecule has 1 saturated heterocycles. The van der Waals surface area contributed by atoms with E-state index >= 15 is 0 Å². The molecule has 10 heavy (non-hydrogen) atoms. The Kier molecular flexibility index (Phi) is 1.17. The molecule has 0 saturated carbocycles. The molecule has 1 aliphatic carbocycles. The molecular formula is C8H12O2. The third-order valence-electron chi connectivity index (χ3n) is 2.21. The van der Waals surface area contributed by atoms with Crippen LogP contribution < -0.4 is 0 Å². The van der Waals surface area contributed by atoms with Crippen molar-refractivity contribution in [1.29, 1.82) is 0 Å². The molecule has 0 aromatic carbocycles. The second-order valence-corrected chi connectivity index (χ2v) is 3.42. The van der Waals surface area contributed by atoms with Crippen LogP contribution in [0.25, 0.3) is 0 Å². The van der Waals surface area contributed by atoms with Crippen LogP contribution in [0.1, 0.15) is 26.7 Å². The van der Waals surface area contributed by atoms with Gasteiger partial charge < -0.3 is 0 Å². The van der Waals surface area contributed by atoms with Gasteiger partial charge in [0.1, 0.15) is 11.7 Å². The summed E-state index contributed by atoms with van der Waals surface area (Å²) in [6.07, 6.45) is 4.73. The first-order chi connectivity index (χ1) is 4.70. The van der Waals surface area contributed by atoms with Crippen LogP contribution in [0.5, 0.6) is 0 Å². The lowest BCUT2D eigenvalue weighted by Crippen LogP contribution is -2.20. The molecule has 1 atom stereocenters. The molecule has 56 valence electrons. The number of hydrogen-bond donors (Lipinski definition) is 0. The average Bonchev–Trinajstić information content (AvgIpc) is 2.36. The van der Waals surface area contributed by atoms with E-state index in [1.807, 2.05) is 13.8 Å². The number of hydrogen-bond acceptors (Lipinski definition) is 2. The van der Waals surface area contributed by atoms with E-state index < -0.39 is 0 Å². The molecule has 2 nitrogen and oxygen atoms in total. The van der Waals surface area contributed by atoms with Crippen molar-refractivity contribution in [2.45, 2.75) is 38.4 Å². The Hall–Kier alpha value is -0.340. The first-order valence-electron chi connectivity index (χ1n) is 3.75. The van der Waals surface area contributed by atoms with E-state index in [2.05, 4.69) is 6.08 Å². The van der Waals surface area contributed by atoms with E-state index in [-0.39, 0.29) is 11.7 Å². The number of rotatable bonds is 0. The summed E-state index contributed by atoms with van der Waals surface area (Å²) in [6.45, 7) is 4.09. The molecule has 0 N–H and O–H groups in total. The van der Waals surface area contributed by atoms with E-state index in [4.69, 9.17) is 9.78 Å². The molecule has 2 heteroatoms. The Morgan fingerprint density at radius 2 is 2.40 bits per heavy atom. The van der Waals surface area contributed by atoms with Crippen molar-refractivity contribution in [2.75, 3.05) is 0 Å². The molecule has 1 fully saturated rings. The van der Waals surface area contributed by atoms with E-state index in [0.717, 1.165) is 12.8 Å². The van der Waals surface area contributed by atoms with Gasteiger partial charge in [-0.05, 0) is 32.3 Å². The summed E-state index contributed by atoms with van der Waals surface area (Å²) >= 11 is 0. The summed E-state index contributed by atoms with van der Waals surface area (Å²) in [5.74, 6) is 0. The second-order valence-electron chi connectivity index (χ2n) is 3.42. The van der Waals surface area contributed by atoms with Crippen LogP contribution in [0.3, 0.4) is 0 Å². The summed E-state index contributed by atoms with van der Waals surface area (Å²) in [5, 5.41) is 0. The van der Waals surface area contributed by atoms with Gasteiger partial charge in [-0.25, -0.2) is 9.78 Å². The SMILES string of the molecule is CC1(C)OOC2CCC=C21. The molecule has 0 radical (unpaired) electrons. The Morgan fingerprint density at radius 3 is 3.10 bits per heavy atom. The summed E-state index contributed by atoms with van der Waals surface area (Å²) in [4.78, 5) is 10.3. The molecule has 2 aliphatic rings. The summed E-state index contributed by atoms with van der Waals surface area (Å²) < 4.78 is 0. The van der Waals surface area contributed by atoms with Crippen molar-refractivity contribution in [3.8, 4) is 0 Å². The smallest absolute Gasteiger partial charge is 0.121 e. The summed E-state index contributed by atoms with van der Waals surface area (Å²) in [5.41, 5.74) is 1.16.